The Labute approximate surface area is 183 Å². The molecule has 0 fully saturated rings. The van der Waals surface area contributed by atoms with E-state index >= 15 is 0 Å². The van der Waals surface area contributed by atoms with E-state index in [9.17, 15) is 14.9 Å². The fourth-order valence-electron chi connectivity index (χ4n) is 3.22. The van der Waals surface area contributed by atoms with Crippen LogP contribution in [0.4, 0.5) is 5.69 Å². The van der Waals surface area contributed by atoms with E-state index in [1.165, 1.54) is 0 Å². The summed E-state index contributed by atoms with van der Waals surface area (Å²) >= 11 is 7.01. The summed E-state index contributed by atoms with van der Waals surface area (Å²) in [7, 11) is 0. The van der Waals surface area contributed by atoms with E-state index in [4.69, 9.17) is 17.3 Å². The number of nitrogens with one attached hydrogen (secondary N) is 1. The minimum atomic E-state index is -0.712. The van der Waals surface area contributed by atoms with Crippen LogP contribution < -0.4 is 11.1 Å². The number of carbonyl (C=O) groups is 2. The lowest BCUT2D eigenvalue weighted by Crippen LogP contribution is -2.36. The summed E-state index contributed by atoms with van der Waals surface area (Å²) < 4.78 is 0. The number of nitriles is 1. The molecule has 3 N–H and O–H groups in total. The number of nitrogens with two attached hydrogens (primary N) is 1. The standard InChI is InChI=1S/C21H18ClN5O2S/c1-12-18(20(29)27-15-4-2-14(22)3-5-15)19(13-6-8-25-9-7-13)16(10-23)21(26-12)30-11-17(24)28/h2-9,18-19H,11H2,1H3,(H2,24,28)(H,27,29)/t18?,19-/m1/s1. The minimum absolute atomic E-state index is 0.0119. The first kappa shape index (κ1) is 21.6. The van der Waals surface area contributed by atoms with Gasteiger partial charge in [-0.1, -0.05) is 23.4 Å². The highest BCUT2D eigenvalue weighted by Gasteiger charge is 2.39. The number of allylic oxidation sites excluding steroid dienone is 1. The Morgan fingerprint density at radius 3 is 2.50 bits per heavy atom. The van der Waals surface area contributed by atoms with Crippen molar-refractivity contribution in [3.63, 3.8) is 0 Å². The van der Waals surface area contributed by atoms with Crippen LogP contribution in [0.1, 0.15) is 18.4 Å². The predicted molar refractivity (Wildman–Crippen MR) is 118 cm³/mol. The zero-order chi connectivity index (χ0) is 21.7. The number of halogens is 1. The molecule has 0 radical (unpaired) electrons. The molecule has 0 saturated heterocycles. The van der Waals surface area contributed by atoms with E-state index in [1.54, 1.807) is 55.7 Å². The van der Waals surface area contributed by atoms with Gasteiger partial charge in [0.2, 0.25) is 11.8 Å². The lowest BCUT2D eigenvalue weighted by Gasteiger charge is -2.30. The number of hydrogen-bond acceptors (Lipinski definition) is 6. The van der Waals surface area contributed by atoms with E-state index in [1.807, 2.05) is 0 Å². The number of amides is 2. The molecule has 1 aromatic heterocycles. The smallest absolute Gasteiger partial charge is 0.234 e. The Hall–Kier alpha value is -3.15. The highest BCUT2D eigenvalue weighted by Crippen LogP contribution is 2.42. The lowest BCUT2D eigenvalue weighted by molar-refractivity contribution is -0.118. The van der Waals surface area contributed by atoms with E-state index in [0.29, 0.717) is 27.0 Å². The fourth-order valence-corrected chi connectivity index (χ4v) is 4.16. The number of thioether (sulfide) groups is 1. The summed E-state index contributed by atoms with van der Waals surface area (Å²) in [6.45, 7) is 1.74. The molecule has 2 atom stereocenters. The average Bonchev–Trinajstić information content (AvgIpc) is 2.73. The number of carbonyl (C=O) groups excluding carboxylic acids is 2. The number of aromatic nitrogens is 1. The van der Waals surface area contributed by atoms with Crippen molar-refractivity contribution in [3.05, 3.63) is 70.0 Å². The molecule has 7 nitrogen and oxygen atoms in total. The highest BCUT2D eigenvalue weighted by atomic mass is 35.5. The molecule has 2 amide bonds. The van der Waals surface area contributed by atoms with Crippen molar-refractivity contribution >= 4 is 46.6 Å². The summed E-state index contributed by atoms with van der Waals surface area (Å²) in [5.74, 6) is -2.11. The molecule has 30 heavy (non-hydrogen) atoms. The highest BCUT2D eigenvalue weighted by molar-refractivity contribution is 8.03. The van der Waals surface area contributed by atoms with Crippen LogP contribution in [0.25, 0.3) is 0 Å². The van der Waals surface area contributed by atoms with Gasteiger partial charge in [0.25, 0.3) is 0 Å². The summed E-state index contributed by atoms with van der Waals surface area (Å²) in [6, 6.07) is 12.5. The first-order chi connectivity index (χ1) is 14.4. The second-order valence-electron chi connectivity index (χ2n) is 6.57. The maximum atomic E-state index is 13.2. The van der Waals surface area contributed by atoms with Gasteiger partial charge in [0.1, 0.15) is 5.03 Å². The van der Waals surface area contributed by atoms with Crippen LogP contribution in [0.3, 0.4) is 0 Å². The van der Waals surface area contributed by atoms with E-state index in [2.05, 4.69) is 21.4 Å². The van der Waals surface area contributed by atoms with Crippen molar-refractivity contribution in [2.24, 2.45) is 16.6 Å². The molecule has 1 aliphatic rings. The number of anilines is 1. The van der Waals surface area contributed by atoms with Crippen LogP contribution in [0.5, 0.6) is 0 Å². The number of benzene rings is 1. The van der Waals surface area contributed by atoms with Crippen LogP contribution in [-0.4, -0.2) is 28.3 Å². The maximum Gasteiger partial charge on any atom is 0.234 e. The van der Waals surface area contributed by atoms with Gasteiger partial charge in [0.05, 0.1) is 23.3 Å². The largest absolute Gasteiger partial charge is 0.369 e. The first-order valence-electron chi connectivity index (χ1n) is 8.97. The van der Waals surface area contributed by atoms with E-state index in [-0.39, 0.29) is 11.7 Å². The summed E-state index contributed by atoms with van der Waals surface area (Å²) in [4.78, 5) is 33.0. The third-order valence-electron chi connectivity index (χ3n) is 4.53. The van der Waals surface area contributed by atoms with Crippen molar-refractivity contribution in [2.45, 2.75) is 12.8 Å². The molecule has 2 aromatic rings. The quantitative estimate of drug-likeness (QED) is 0.713. The Bertz CT molecular complexity index is 1060. The normalized spacial score (nSPS) is 18.4. The Balaban J connectivity index is 2.01. The summed E-state index contributed by atoms with van der Waals surface area (Å²) in [6.07, 6.45) is 3.21. The zero-order valence-electron chi connectivity index (χ0n) is 16.0. The van der Waals surface area contributed by atoms with Crippen LogP contribution in [-0.2, 0) is 9.59 Å². The molecule has 1 aromatic carbocycles. The number of primary amides is 1. The molecule has 2 heterocycles. The van der Waals surface area contributed by atoms with E-state index in [0.717, 1.165) is 17.3 Å². The van der Waals surface area contributed by atoms with Crippen molar-refractivity contribution in [2.75, 3.05) is 11.1 Å². The molecule has 0 bridgehead atoms. The molecule has 3 rings (SSSR count). The van der Waals surface area contributed by atoms with Gasteiger partial charge >= 0.3 is 0 Å². The summed E-state index contributed by atoms with van der Waals surface area (Å²) in [5.41, 5.74) is 7.44. The van der Waals surface area contributed by atoms with Crippen molar-refractivity contribution < 1.29 is 9.59 Å². The molecule has 152 valence electrons. The van der Waals surface area contributed by atoms with Gasteiger partial charge in [-0.15, -0.1) is 0 Å². The van der Waals surface area contributed by atoms with Crippen molar-refractivity contribution in [3.8, 4) is 6.07 Å². The van der Waals surface area contributed by atoms with Crippen LogP contribution in [0.15, 0.2) is 64.4 Å². The maximum absolute atomic E-state index is 13.2. The summed E-state index contributed by atoms with van der Waals surface area (Å²) in [5, 5.41) is 13.7. The molecule has 0 aliphatic carbocycles. The fraction of sp³-hybridized carbons (Fsp3) is 0.190. The topological polar surface area (TPSA) is 121 Å². The average molecular weight is 440 g/mol. The molecule has 0 saturated carbocycles. The van der Waals surface area contributed by atoms with Gasteiger partial charge in [-0.25, -0.2) is 4.99 Å². The molecule has 0 spiro atoms. The Morgan fingerprint density at radius 1 is 1.23 bits per heavy atom. The first-order valence-corrected chi connectivity index (χ1v) is 10.3. The van der Waals surface area contributed by atoms with Gasteiger partial charge in [-0.05, 0) is 48.9 Å². The Kier molecular flexibility index (Phi) is 6.87. The molecule has 1 aliphatic heterocycles. The third-order valence-corrected chi connectivity index (χ3v) is 5.80. The zero-order valence-corrected chi connectivity index (χ0v) is 17.6. The lowest BCUT2D eigenvalue weighted by atomic mass is 9.77. The van der Waals surface area contributed by atoms with Crippen LogP contribution in [0.2, 0.25) is 5.02 Å². The van der Waals surface area contributed by atoms with Gasteiger partial charge in [0.15, 0.2) is 0 Å². The predicted octanol–water partition coefficient (Wildman–Crippen LogP) is 3.50. The van der Waals surface area contributed by atoms with Crippen LogP contribution in [0, 0.1) is 17.2 Å². The van der Waals surface area contributed by atoms with Crippen molar-refractivity contribution in [1.82, 2.24) is 4.98 Å². The SMILES string of the molecule is CC1=NC(SCC(N)=O)=C(C#N)[C@@H](c2ccncc2)C1C(=O)Nc1ccc(Cl)cc1. The number of nitrogens with zero attached hydrogens (tertiary/aromatic N) is 3. The molecular formula is C21H18ClN5O2S. The van der Waals surface area contributed by atoms with Crippen LogP contribution >= 0.6 is 23.4 Å². The minimum Gasteiger partial charge on any atom is -0.369 e. The van der Waals surface area contributed by atoms with E-state index < -0.39 is 17.7 Å². The van der Waals surface area contributed by atoms with Gasteiger partial charge in [-0.3, -0.25) is 14.6 Å². The van der Waals surface area contributed by atoms with Gasteiger partial charge in [-0.2, -0.15) is 5.26 Å². The van der Waals surface area contributed by atoms with Gasteiger partial charge in [0, 0.05) is 34.7 Å². The monoisotopic (exact) mass is 439 g/mol. The molecular weight excluding hydrogens is 422 g/mol. The number of rotatable bonds is 6. The Morgan fingerprint density at radius 2 is 1.90 bits per heavy atom. The number of hydrogen-bond donors (Lipinski definition) is 2. The number of aliphatic imine (C=N–C) groups is 1. The third kappa shape index (κ3) is 4.87. The van der Waals surface area contributed by atoms with Crippen molar-refractivity contribution in [1.29, 1.82) is 5.26 Å². The van der Waals surface area contributed by atoms with Gasteiger partial charge < -0.3 is 11.1 Å². The second-order valence-corrected chi connectivity index (χ2v) is 7.97. The molecule has 1 unspecified atom stereocenters. The molecule has 9 heteroatoms. The number of pyridine rings is 1. The second kappa shape index (κ2) is 9.57.